The number of carbonyl (C=O) groups is 2. The summed E-state index contributed by atoms with van der Waals surface area (Å²) in [6.45, 7) is 31.5. The van der Waals surface area contributed by atoms with E-state index >= 15 is 0 Å². The van der Waals surface area contributed by atoms with Crippen LogP contribution in [0.5, 0.6) is 0 Å². The van der Waals surface area contributed by atoms with Crippen molar-refractivity contribution in [2.45, 2.75) is 136 Å². The highest BCUT2D eigenvalue weighted by molar-refractivity contribution is 6.83. The van der Waals surface area contributed by atoms with Crippen LogP contribution in [0, 0.1) is 0 Å². The molecular weight excluding hydrogens is 424 g/mol. The van der Waals surface area contributed by atoms with E-state index in [2.05, 4.69) is 114 Å². The molecule has 0 bridgehead atoms. The van der Waals surface area contributed by atoms with Crippen LogP contribution in [0.25, 0.3) is 0 Å². The van der Waals surface area contributed by atoms with Gasteiger partial charge in [-0.3, -0.25) is 0 Å². The Morgan fingerprint density at radius 1 is 0.581 bits per heavy atom. The highest BCUT2D eigenvalue weighted by Gasteiger charge is 2.64. The summed E-state index contributed by atoms with van der Waals surface area (Å²) in [7, 11) is -5.23. The lowest BCUT2D eigenvalue weighted by molar-refractivity contribution is 0.188. The van der Waals surface area contributed by atoms with Crippen molar-refractivity contribution in [2.75, 3.05) is 0 Å². The minimum absolute atomic E-state index is 0.223. The Hall–Kier alpha value is -1.03. The summed E-state index contributed by atoms with van der Waals surface area (Å²) in [5.41, 5.74) is 0.670. The summed E-state index contributed by atoms with van der Waals surface area (Å²) >= 11 is 0. The van der Waals surface area contributed by atoms with Crippen LogP contribution in [0.1, 0.15) is 104 Å². The van der Waals surface area contributed by atoms with Gasteiger partial charge in [-0.15, -0.1) is 0 Å². The standard InChI is InChI=1S/C23H48N2O4Si2/c1-16(2)30(17(3)4,18(5)6)28-19(26)24-25-20(27)29-31(21(7,8)9,22(10,11)12)23(13,14)15/h16-18H,1-15H3. The molecule has 0 aromatic heterocycles. The number of nitrogens with zero attached hydrogens (tertiary/aromatic N) is 2. The Morgan fingerprint density at radius 2 is 0.839 bits per heavy atom. The largest absolute Gasteiger partial charge is 0.500 e. The molecule has 0 N–H and O–H groups in total. The molecular formula is C23H48N2O4Si2. The van der Waals surface area contributed by atoms with Gasteiger partial charge in [0, 0.05) is 0 Å². The highest BCUT2D eigenvalue weighted by Crippen LogP contribution is 2.62. The first-order valence-corrected chi connectivity index (χ1v) is 15.5. The summed E-state index contributed by atoms with van der Waals surface area (Å²) in [5, 5.41) is 6.55. The van der Waals surface area contributed by atoms with Crippen molar-refractivity contribution in [1.82, 2.24) is 0 Å². The maximum Gasteiger partial charge on any atom is 0.439 e. The van der Waals surface area contributed by atoms with E-state index in [0.29, 0.717) is 0 Å². The zero-order valence-electron chi connectivity index (χ0n) is 22.8. The molecule has 31 heavy (non-hydrogen) atoms. The predicted octanol–water partition coefficient (Wildman–Crippen LogP) is 9.23. The van der Waals surface area contributed by atoms with E-state index < -0.39 is 28.8 Å². The molecule has 0 spiro atoms. The molecule has 0 radical (unpaired) electrons. The first-order chi connectivity index (χ1) is 13.6. The van der Waals surface area contributed by atoms with Crippen LogP contribution in [-0.4, -0.2) is 28.8 Å². The van der Waals surface area contributed by atoms with Gasteiger partial charge in [0.1, 0.15) is 0 Å². The van der Waals surface area contributed by atoms with Crippen LogP contribution in [0.3, 0.4) is 0 Å². The molecule has 0 fully saturated rings. The summed E-state index contributed by atoms with van der Waals surface area (Å²) in [6, 6.07) is 0. The zero-order valence-corrected chi connectivity index (χ0v) is 24.8. The van der Waals surface area contributed by atoms with Crippen molar-refractivity contribution in [2.24, 2.45) is 10.2 Å². The van der Waals surface area contributed by atoms with Gasteiger partial charge in [0.15, 0.2) is 0 Å². The monoisotopic (exact) mass is 472 g/mol. The fourth-order valence-electron chi connectivity index (χ4n) is 6.59. The first kappa shape index (κ1) is 30.0. The molecule has 0 aromatic carbocycles. The summed E-state index contributed by atoms with van der Waals surface area (Å²) in [5.74, 6) is 0. The van der Waals surface area contributed by atoms with Gasteiger partial charge in [-0.05, 0) is 31.7 Å². The summed E-state index contributed by atoms with van der Waals surface area (Å²) in [4.78, 5) is 25.4. The van der Waals surface area contributed by atoms with Crippen molar-refractivity contribution in [3.63, 3.8) is 0 Å². The van der Waals surface area contributed by atoms with Gasteiger partial charge in [0.05, 0.1) is 0 Å². The van der Waals surface area contributed by atoms with Crippen molar-refractivity contribution in [1.29, 1.82) is 0 Å². The van der Waals surface area contributed by atoms with Gasteiger partial charge < -0.3 is 8.85 Å². The van der Waals surface area contributed by atoms with Crippen LogP contribution in [0.15, 0.2) is 10.2 Å². The quantitative estimate of drug-likeness (QED) is 0.295. The Labute approximate surface area is 193 Å². The average Bonchev–Trinajstić information content (AvgIpc) is 2.50. The maximum atomic E-state index is 12.8. The van der Waals surface area contributed by atoms with Gasteiger partial charge in [-0.1, -0.05) is 114 Å². The molecule has 0 aromatic rings. The number of azo groups is 1. The lowest BCUT2D eigenvalue weighted by Crippen LogP contribution is -2.61. The van der Waals surface area contributed by atoms with E-state index in [0.717, 1.165) is 0 Å². The minimum atomic E-state index is -2.78. The molecule has 0 aliphatic carbocycles. The van der Waals surface area contributed by atoms with Crippen molar-refractivity contribution < 1.29 is 18.4 Å². The number of carbonyl (C=O) groups excluding carboxylic acids is 2. The molecule has 0 aliphatic rings. The second kappa shape index (κ2) is 9.85. The Bertz CT molecular complexity index is 609. The lowest BCUT2D eigenvalue weighted by Gasteiger charge is -2.56. The van der Waals surface area contributed by atoms with Gasteiger partial charge in [-0.2, -0.15) is 0 Å². The van der Waals surface area contributed by atoms with E-state index in [1.54, 1.807) is 0 Å². The second-order valence-corrected chi connectivity index (χ2v) is 24.1. The number of amides is 2. The van der Waals surface area contributed by atoms with E-state index in [4.69, 9.17) is 8.85 Å². The van der Waals surface area contributed by atoms with Gasteiger partial charge in [0.2, 0.25) is 0 Å². The molecule has 8 heteroatoms. The smallest absolute Gasteiger partial charge is 0.439 e. The highest BCUT2D eigenvalue weighted by atomic mass is 28.4. The van der Waals surface area contributed by atoms with Crippen molar-refractivity contribution in [3.8, 4) is 0 Å². The number of hydrogen-bond donors (Lipinski definition) is 0. The molecule has 0 aliphatic heterocycles. The molecule has 0 rings (SSSR count). The molecule has 6 nitrogen and oxygen atoms in total. The van der Waals surface area contributed by atoms with E-state index in [-0.39, 0.29) is 31.7 Å². The maximum absolute atomic E-state index is 12.8. The van der Waals surface area contributed by atoms with Crippen LogP contribution < -0.4 is 0 Å². The molecule has 0 saturated carbocycles. The number of rotatable bonds is 5. The molecule has 182 valence electrons. The summed E-state index contributed by atoms with van der Waals surface area (Å²) in [6.07, 6.45) is -1.61. The lowest BCUT2D eigenvalue weighted by atomic mass is 10.2. The van der Waals surface area contributed by atoms with E-state index in [9.17, 15) is 9.59 Å². The normalized spacial score (nSPS) is 14.6. The fraction of sp³-hybridized carbons (Fsp3) is 0.913. The van der Waals surface area contributed by atoms with Gasteiger partial charge in [-0.25, -0.2) is 9.59 Å². The Balaban J connectivity index is 5.93. The predicted molar refractivity (Wildman–Crippen MR) is 134 cm³/mol. The Kier molecular flexibility index (Phi) is 9.53. The molecule has 0 heterocycles. The molecule has 0 unspecified atom stereocenters. The second-order valence-electron chi connectivity index (χ2n) is 12.7. The average molecular weight is 473 g/mol. The van der Waals surface area contributed by atoms with Crippen molar-refractivity contribution in [3.05, 3.63) is 0 Å². The third-order valence-corrected chi connectivity index (χ3v) is 19.4. The molecule has 0 atom stereocenters. The third-order valence-electron chi connectivity index (χ3n) is 6.59. The minimum Gasteiger partial charge on any atom is -0.500 e. The number of hydrogen-bond acceptors (Lipinski definition) is 4. The van der Waals surface area contributed by atoms with Gasteiger partial charge in [0.25, 0.3) is 16.6 Å². The molecule has 0 saturated heterocycles. The van der Waals surface area contributed by atoms with Crippen LogP contribution in [0.4, 0.5) is 9.59 Å². The molecule has 2 amide bonds. The Morgan fingerprint density at radius 3 is 1.06 bits per heavy atom. The first-order valence-electron chi connectivity index (χ1n) is 11.5. The van der Waals surface area contributed by atoms with Crippen molar-refractivity contribution >= 4 is 28.8 Å². The van der Waals surface area contributed by atoms with Crippen LogP contribution in [-0.2, 0) is 8.85 Å². The summed E-state index contributed by atoms with van der Waals surface area (Å²) < 4.78 is 12.1. The van der Waals surface area contributed by atoms with E-state index in [1.165, 1.54) is 0 Å². The van der Waals surface area contributed by atoms with Crippen LogP contribution in [0.2, 0.25) is 31.7 Å². The van der Waals surface area contributed by atoms with Gasteiger partial charge >= 0.3 is 12.2 Å². The topological polar surface area (TPSA) is 77.3 Å². The fourth-order valence-corrected chi connectivity index (χ4v) is 19.6. The van der Waals surface area contributed by atoms with E-state index in [1.807, 2.05) is 0 Å². The van der Waals surface area contributed by atoms with Crippen LogP contribution >= 0.6 is 0 Å². The third kappa shape index (κ3) is 6.06. The SMILES string of the molecule is CC(C)[Si](OC(=O)N=NC(=O)O[Si](C(C)(C)C)(C(C)(C)C)C(C)(C)C)(C(C)C)C(C)C. The zero-order chi connectivity index (χ0) is 25.2.